The molecule has 25 heavy (non-hydrogen) atoms. The molecule has 0 atom stereocenters. The van der Waals surface area contributed by atoms with Gasteiger partial charge in [-0.3, -0.25) is 4.79 Å². The van der Waals surface area contributed by atoms with Gasteiger partial charge in [-0.2, -0.15) is 0 Å². The second-order valence-electron chi connectivity index (χ2n) is 5.61. The van der Waals surface area contributed by atoms with Crippen LogP contribution in [-0.4, -0.2) is 36.9 Å². The Balaban J connectivity index is 1.77. The van der Waals surface area contributed by atoms with E-state index in [9.17, 15) is 15.0 Å². The molecule has 6 nitrogen and oxygen atoms in total. The number of aryl methyl sites for hydroxylation is 1. The molecule has 0 unspecified atom stereocenters. The molecule has 2 aromatic carbocycles. The number of nitrogens with one attached hydrogen (secondary N) is 1. The molecule has 2 aromatic rings. The van der Waals surface area contributed by atoms with Gasteiger partial charge >= 0.3 is 0 Å². The minimum atomic E-state index is -0.0437. The fraction of sp³-hybridized carbons (Fsp3) is 0.316. The summed E-state index contributed by atoms with van der Waals surface area (Å²) in [5, 5.41) is 22.0. The molecule has 0 saturated heterocycles. The molecule has 0 fully saturated rings. The molecule has 0 aromatic heterocycles. The number of carbonyl (C=O) groups is 1. The molecule has 6 heteroatoms. The lowest BCUT2D eigenvalue weighted by molar-refractivity contribution is -0.121. The topological polar surface area (TPSA) is 88.0 Å². The van der Waals surface area contributed by atoms with Crippen LogP contribution in [0.15, 0.2) is 36.4 Å². The maximum Gasteiger partial charge on any atom is 0.220 e. The van der Waals surface area contributed by atoms with Crippen LogP contribution < -0.4 is 14.8 Å². The Morgan fingerprint density at radius 2 is 1.44 bits per heavy atom. The molecule has 0 bridgehead atoms. The standard InChI is InChI=1S/C19H23NO5/c1-24-17-11-13(3-6-15(17)21)5-8-19(23)20-10-9-14-4-7-16(22)18(12-14)25-2/h3-4,6-7,11-12,21-22H,5,8-10H2,1-2H3,(H,20,23). The SMILES string of the molecule is COc1cc(CCNC(=O)CCc2ccc(O)c(OC)c2)ccc1O. The monoisotopic (exact) mass is 345 g/mol. The first-order valence-electron chi connectivity index (χ1n) is 8.02. The lowest BCUT2D eigenvalue weighted by Crippen LogP contribution is -2.25. The quantitative estimate of drug-likeness (QED) is 0.684. The molecule has 0 saturated carbocycles. The highest BCUT2D eigenvalue weighted by molar-refractivity contribution is 5.76. The Hall–Kier alpha value is -2.89. The fourth-order valence-corrected chi connectivity index (χ4v) is 2.45. The minimum absolute atomic E-state index is 0.0437. The third-order valence-corrected chi connectivity index (χ3v) is 3.86. The van der Waals surface area contributed by atoms with Gasteiger partial charge in [0, 0.05) is 13.0 Å². The van der Waals surface area contributed by atoms with Crippen molar-refractivity contribution in [3.05, 3.63) is 47.5 Å². The second-order valence-corrected chi connectivity index (χ2v) is 5.61. The normalized spacial score (nSPS) is 10.3. The van der Waals surface area contributed by atoms with Crippen molar-refractivity contribution in [3.63, 3.8) is 0 Å². The summed E-state index contributed by atoms with van der Waals surface area (Å²) < 4.78 is 10.1. The maximum atomic E-state index is 11.9. The van der Waals surface area contributed by atoms with Crippen molar-refractivity contribution in [1.82, 2.24) is 5.32 Å². The molecule has 3 N–H and O–H groups in total. The van der Waals surface area contributed by atoms with Gasteiger partial charge in [-0.25, -0.2) is 0 Å². The average molecular weight is 345 g/mol. The number of carbonyl (C=O) groups excluding carboxylic acids is 1. The van der Waals surface area contributed by atoms with Crippen LogP contribution >= 0.6 is 0 Å². The molecule has 0 aliphatic carbocycles. The van der Waals surface area contributed by atoms with Gasteiger partial charge in [0.25, 0.3) is 0 Å². The van der Waals surface area contributed by atoms with Crippen molar-refractivity contribution in [2.75, 3.05) is 20.8 Å². The summed E-state index contributed by atoms with van der Waals surface area (Å²) in [5.74, 6) is 0.960. The van der Waals surface area contributed by atoms with Crippen LogP contribution in [0.3, 0.4) is 0 Å². The van der Waals surface area contributed by atoms with Gasteiger partial charge < -0.3 is 25.0 Å². The lowest BCUT2D eigenvalue weighted by Gasteiger charge is -2.09. The Kier molecular flexibility index (Phi) is 6.51. The number of hydrogen-bond acceptors (Lipinski definition) is 5. The highest BCUT2D eigenvalue weighted by atomic mass is 16.5. The van der Waals surface area contributed by atoms with Crippen molar-refractivity contribution in [2.24, 2.45) is 0 Å². The van der Waals surface area contributed by atoms with Gasteiger partial charge in [0.05, 0.1) is 14.2 Å². The Labute approximate surface area is 147 Å². The number of phenols is 2. The van der Waals surface area contributed by atoms with Gasteiger partial charge in [0.2, 0.25) is 5.91 Å². The molecule has 0 radical (unpaired) electrons. The van der Waals surface area contributed by atoms with E-state index in [2.05, 4.69) is 5.32 Å². The van der Waals surface area contributed by atoms with Gasteiger partial charge in [0.15, 0.2) is 23.0 Å². The summed E-state index contributed by atoms with van der Waals surface area (Å²) >= 11 is 0. The van der Waals surface area contributed by atoms with Crippen molar-refractivity contribution >= 4 is 5.91 Å². The van der Waals surface area contributed by atoms with Crippen molar-refractivity contribution in [1.29, 1.82) is 0 Å². The van der Waals surface area contributed by atoms with E-state index in [-0.39, 0.29) is 17.4 Å². The molecule has 134 valence electrons. The number of ether oxygens (including phenoxy) is 2. The van der Waals surface area contributed by atoms with E-state index >= 15 is 0 Å². The number of phenolic OH excluding ortho intramolecular Hbond substituents is 2. The first kappa shape index (κ1) is 18.4. The Morgan fingerprint density at radius 1 is 0.920 bits per heavy atom. The molecule has 0 heterocycles. The second kappa shape index (κ2) is 8.82. The number of rotatable bonds is 8. The third-order valence-electron chi connectivity index (χ3n) is 3.86. The predicted molar refractivity (Wildman–Crippen MR) is 94.4 cm³/mol. The van der Waals surface area contributed by atoms with Crippen LogP contribution in [0.25, 0.3) is 0 Å². The summed E-state index contributed by atoms with van der Waals surface area (Å²) in [5.41, 5.74) is 1.89. The molecule has 1 amide bonds. The largest absolute Gasteiger partial charge is 0.504 e. The van der Waals surface area contributed by atoms with Crippen molar-refractivity contribution in [2.45, 2.75) is 19.3 Å². The van der Waals surface area contributed by atoms with Crippen LogP contribution in [0.1, 0.15) is 17.5 Å². The van der Waals surface area contributed by atoms with Crippen LogP contribution in [0, 0.1) is 0 Å². The summed E-state index contributed by atoms with van der Waals surface area (Å²) in [6.45, 7) is 0.506. The predicted octanol–water partition coefficient (Wildman–Crippen LogP) is 2.41. The first-order valence-corrected chi connectivity index (χ1v) is 8.02. The summed E-state index contributed by atoms with van der Waals surface area (Å²) in [6, 6.07) is 10.2. The number of aromatic hydroxyl groups is 2. The summed E-state index contributed by atoms with van der Waals surface area (Å²) in [4.78, 5) is 11.9. The smallest absolute Gasteiger partial charge is 0.220 e. The number of amides is 1. The number of benzene rings is 2. The van der Waals surface area contributed by atoms with E-state index in [0.29, 0.717) is 37.3 Å². The van der Waals surface area contributed by atoms with Crippen LogP contribution in [0.4, 0.5) is 0 Å². The van der Waals surface area contributed by atoms with Gasteiger partial charge in [0.1, 0.15) is 0 Å². The van der Waals surface area contributed by atoms with Crippen molar-refractivity contribution in [3.8, 4) is 23.0 Å². The molecule has 0 spiro atoms. The van der Waals surface area contributed by atoms with E-state index in [1.54, 1.807) is 36.4 Å². The van der Waals surface area contributed by atoms with Gasteiger partial charge in [-0.05, 0) is 48.2 Å². The van der Waals surface area contributed by atoms with Gasteiger partial charge in [-0.15, -0.1) is 0 Å². The number of methoxy groups -OCH3 is 2. The summed E-state index contributed by atoms with van der Waals surface area (Å²) in [6.07, 6.45) is 1.57. The Morgan fingerprint density at radius 3 is 1.96 bits per heavy atom. The zero-order valence-electron chi connectivity index (χ0n) is 14.4. The highest BCUT2D eigenvalue weighted by Crippen LogP contribution is 2.27. The first-order chi connectivity index (χ1) is 12.0. The van der Waals surface area contributed by atoms with E-state index in [1.807, 2.05) is 0 Å². The number of hydrogen-bond donors (Lipinski definition) is 3. The summed E-state index contributed by atoms with van der Waals surface area (Å²) in [7, 11) is 2.99. The Bertz CT molecular complexity index is 730. The minimum Gasteiger partial charge on any atom is -0.504 e. The van der Waals surface area contributed by atoms with Crippen LogP contribution in [0.2, 0.25) is 0 Å². The van der Waals surface area contributed by atoms with Crippen LogP contribution in [0.5, 0.6) is 23.0 Å². The highest BCUT2D eigenvalue weighted by Gasteiger charge is 2.07. The molecule has 0 aliphatic rings. The zero-order valence-corrected chi connectivity index (χ0v) is 14.4. The van der Waals surface area contributed by atoms with Crippen LogP contribution in [-0.2, 0) is 17.6 Å². The fourth-order valence-electron chi connectivity index (χ4n) is 2.45. The molecular weight excluding hydrogens is 322 g/mol. The van der Waals surface area contributed by atoms with E-state index in [1.165, 1.54) is 14.2 Å². The third kappa shape index (κ3) is 5.31. The van der Waals surface area contributed by atoms with E-state index in [4.69, 9.17) is 9.47 Å². The van der Waals surface area contributed by atoms with E-state index < -0.39 is 0 Å². The lowest BCUT2D eigenvalue weighted by atomic mass is 10.1. The zero-order chi connectivity index (χ0) is 18.2. The molecular formula is C19H23NO5. The maximum absolute atomic E-state index is 11.9. The van der Waals surface area contributed by atoms with Crippen molar-refractivity contribution < 1.29 is 24.5 Å². The van der Waals surface area contributed by atoms with Gasteiger partial charge in [-0.1, -0.05) is 12.1 Å². The average Bonchev–Trinajstić information content (AvgIpc) is 2.62. The molecule has 0 aliphatic heterocycles. The molecule has 2 rings (SSSR count). The van der Waals surface area contributed by atoms with E-state index in [0.717, 1.165) is 11.1 Å².